The fourth-order valence-corrected chi connectivity index (χ4v) is 4.29. The highest BCUT2D eigenvalue weighted by Gasteiger charge is 2.43. The van der Waals surface area contributed by atoms with E-state index in [4.69, 9.17) is 16.0 Å². The maximum atomic E-state index is 12.9. The normalized spacial score (nSPS) is 22.8. The summed E-state index contributed by atoms with van der Waals surface area (Å²) in [4.78, 5) is 54.7. The second-order valence-electron chi connectivity index (χ2n) is 7.57. The molecular formula is C19H21ClN4O5. The maximum Gasteiger partial charge on any atom is 0.420 e. The Bertz CT molecular complexity index is 1060. The number of fused-ring (bicyclic) bond motifs is 2. The van der Waals surface area contributed by atoms with Gasteiger partial charge in [-0.3, -0.25) is 19.0 Å². The van der Waals surface area contributed by atoms with Crippen LogP contribution >= 0.6 is 11.6 Å². The van der Waals surface area contributed by atoms with Gasteiger partial charge < -0.3 is 19.1 Å². The first-order valence-electron chi connectivity index (χ1n) is 9.33. The van der Waals surface area contributed by atoms with Crippen LogP contribution in [0.4, 0.5) is 0 Å². The van der Waals surface area contributed by atoms with E-state index in [1.807, 2.05) is 0 Å². The molecule has 9 nitrogen and oxygen atoms in total. The summed E-state index contributed by atoms with van der Waals surface area (Å²) >= 11 is 5.92. The molecule has 2 aliphatic rings. The van der Waals surface area contributed by atoms with Gasteiger partial charge in [0.05, 0.1) is 24.0 Å². The number of aromatic nitrogens is 1. The van der Waals surface area contributed by atoms with Crippen molar-refractivity contribution in [3.8, 4) is 0 Å². The molecule has 1 aromatic carbocycles. The highest BCUT2D eigenvalue weighted by atomic mass is 35.5. The van der Waals surface area contributed by atoms with Crippen molar-refractivity contribution in [3.63, 3.8) is 0 Å². The van der Waals surface area contributed by atoms with Gasteiger partial charge in [0.1, 0.15) is 6.54 Å². The minimum Gasteiger partial charge on any atom is -0.408 e. The SMILES string of the molecule is CN1CC(=O)N(C)C2CN(C(=O)Cn3c(=O)oc4cc(Cl)ccc43)CCC2C1=O. The van der Waals surface area contributed by atoms with Crippen molar-refractivity contribution >= 4 is 40.4 Å². The monoisotopic (exact) mass is 420 g/mol. The molecular weight excluding hydrogens is 400 g/mol. The van der Waals surface area contributed by atoms with Crippen LogP contribution in [-0.2, 0) is 20.9 Å². The Kier molecular flexibility index (Phi) is 4.85. The lowest BCUT2D eigenvalue weighted by Crippen LogP contribution is -2.56. The first kappa shape index (κ1) is 19.5. The van der Waals surface area contributed by atoms with Crippen molar-refractivity contribution < 1.29 is 18.8 Å². The highest BCUT2D eigenvalue weighted by molar-refractivity contribution is 6.31. The summed E-state index contributed by atoms with van der Waals surface area (Å²) in [6, 6.07) is 4.40. The Labute approximate surface area is 171 Å². The fourth-order valence-electron chi connectivity index (χ4n) is 4.12. The van der Waals surface area contributed by atoms with E-state index >= 15 is 0 Å². The second-order valence-corrected chi connectivity index (χ2v) is 8.00. The van der Waals surface area contributed by atoms with Crippen LogP contribution in [0.3, 0.4) is 0 Å². The zero-order valence-corrected chi connectivity index (χ0v) is 16.9. The molecule has 4 rings (SSSR count). The van der Waals surface area contributed by atoms with Crippen molar-refractivity contribution in [3.05, 3.63) is 33.8 Å². The first-order chi connectivity index (χ1) is 13.8. The molecule has 2 aromatic rings. The number of nitrogens with zero attached hydrogens (tertiary/aromatic N) is 4. The first-order valence-corrected chi connectivity index (χ1v) is 9.71. The minimum absolute atomic E-state index is 0.0369. The van der Waals surface area contributed by atoms with Crippen LogP contribution in [0.15, 0.2) is 27.4 Å². The maximum absolute atomic E-state index is 12.9. The van der Waals surface area contributed by atoms with Crippen LogP contribution in [0.2, 0.25) is 5.02 Å². The van der Waals surface area contributed by atoms with Gasteiger partial charge in [-0.15, -0.1) is 0 Å². The van der Waals surface area contributed by atoms with E-state index in [0.717, 1.165) is 0 Å². The van der Waals surface area contributed by atoms with Crippen molar-refractivity contribution in [1.29, 1.82) is 0 Å². The van der Waals surface area contributed by atoms with Crippen LogP contribution in [-0.4, -0.2) is 76.8 Å². The van der Waals surface area contributed by atoms with E-state index in [0.29, 0.717) is 29.1 Å². The van der Waals surface area contributed by atoms with Gasteiger partial charge in [-0.2, -0.15) is 0 Å². The minimum atomic E-state index is -0.635. The van der Waals surface area contributed by atoms with Crippen LogP contribution in [0.5, 0.6) is 0 Å². The van der Waals surface area contributed by atoms with Crippen molar-refractivity contribution in [2.45, 2.75) is 19.0 Å². The molecule has 2 unspecified atom stereocenters. The zero-order valence-electron chi connectivity index (χ0n) is 16.1. The summed E-state index contributed by atoms with van der Waals surface area (Å²) in [6.07, 6.45) is 0.466. The smallest absolute Gasteiger partial charge is 0.408 e. The quantitative estimate of drug-likeness (QED) is 0.700. The molecule has 0 spiro atoms. The Hall–Kier alpha value is -2.81. The molecule has 10 heteroatoms. The van der Waals surface area contributed by atoms with Gasteiger partial charge in [-0.05, 0) is 18.6 Å². The van der Waals surface area contributed by atoms with Crippen molar-refractivity contribution in [2.24, 2.45) is 5.92 Å². The number of rotatable bonds is 2. The van der Waals surface area contributed by atoms with Crippen LogP contribution in [0.25, 0.3) is 11.1 Å². The van der Waals surface area contributed by atoms with Gasteiger partial charge in [0.25, 0.3) is 0 Å². The Morgan fingerprint density at radius 1 is 1.24 bits per heavy atom. The molecule has 0 N–H and O–H groups in total. The summed E-state index contributed by atoms with van der Waals surface area (Å²) in [6.45, 7) is 0.491. The predicted molar refractivity (Wildman–Crippen MR) is 104 cm³/mol. The third kappa shape index (κ3) is 3.39. The summed E-state index contributed by atoms with van der Waals surface area (Å²) in [5.41, 5.74) is 0.804. The number of carbonyl (C=O) groups is 3. The Balaban J connectivity index is 1.55. The van der Waals surface area contributed by atoms with Crippen LogP contribution in [0.1, 0.15) is 6.42 Å². The molecule has 1 aromatic heterocycles. The molecule has 29 heavy (non-hydrogen) atoms. The largest absolute Gasteiger partial charge is 0.420 e. The van der Waals surface area contributed by atoms with E-state index in [2.05, 4.69) is 0 Å². The lowest BCUT2D eigenvalue weighted by molar-refractivity contribution is -0.142. The van der Waals surface area contributed by atoms with Gasteiger partial charge in [0, 0.05) is 38.3 Å². The summed E-state index contributed by atoms with van der Waals surface area (Å²) in [5.74, 6) is -1.47. The highest BCUT2D eigenvalue weighted by Crippen LogP contribution is 2.27. The third-order valence-electron chi connectivity index (χ3n) is 5.82. The summed E-state index contributed by atoms with van der Waals surface area (Å²) in [7, 11) is 3.29. The topological polar surface area (TPSA) is 96.1 Å². The van der Waals surface area contributed by atoms with E-state index in [9.17, 15) is 19.2 Å². The van der Waals surface area contributed by atoms with E-state index in [1.165, 1.54) is 15.5 Å². The molecule has 0 saturated carbocycles. The molecule has 2 atom stereocenters. The average Bonchev–Trinajstić information content (AvgIpc) is 2.96. The van der Waals surface area contributed by atoms with Crippen molar-refractivity contribution in [1.82, 2.24) is 19.3 Å². The molecule has 3 heterocycles. The number of halogens is 1. The molecule has 2 saturated heterocycles. The number of hydrogen-bond donors (Lipinski definition) is 0. The van der Waals surface area contributed by atoms with E-state index in [1.54, 1.807) is 36.0 Å². The number of piperidine rings is 1. The number of hydrogen-bond acceptors (Lipinski definition) is 5. The van der Waals surface area contributed by atoms with Gasteiger partial charge in [-0.25, -0.2) is 4.79 Å². The Morgan fingerprint density at radius 3 is 2.76 bits per heavy atom. The van der Waals surface area contributed by atoms with Crippen LogP contribution < -0.4 is 5.76 Å². The number of likely N-dealkylation sites (tertiary alicyclic amines) is 1. The molecule has 0 bridgehead atoms. The molecule has 154 valence electrons. The number of benzene rings is 1. The van der Waals surface area contributed by atoms with Gasteiger partial charge in [0.2, 0.25) is 17.7 Å². The lowest BCUT2D eigenvalue weighted by Gasteiger charge is -2.40. The van der Waals surface area contributed by atoms with E-state index in [-0.39, 0.29) is 49.3 Å². The lowest BCUT2D eigenvalue weighted by atomic mass is 9.89. The predicted octanol–water partition coefficient (Wildman–Crippen LogP) is 0.395. The second kappa shape index (κ2) is 7.22. The van der Waals surface area contributed by atoms with Crippen molar-refractivity contribution in [2.75, 3.05) is 33.7 Å². The Morgan fingerprint density at radius 2 is 2.00 bits per heavy atom. The molecule has 2 aliphatic heterocycles. The number of carbonyl (C=O) groups excluding carboxylic acids is 3. The fraction of sp³-hybridized carbons (Fsp3) is 0.474. The average molecular weight is 421 g/mol. The van der Waals surface area contributed by atoms with Crippen LogP contribution in [0, 0.1) is 5.92 Å². The molecule has 2 fully saturated rings. The number of amides is 3. The van der Waals surface area contributed by atoms with Gasteiger partial charge in [0.15, 0.2) is 5.58 Å². The number of likely N-dealkylation sites (N-methyl/N-ethyl adjacent to an activating group) is 2. The summed E-state index contributed by atoms with van der Waals surface area (Å²) in [5, 5.41) is 0.433. The zero-order chi connectivity index (χ0) is 20.9. The molecule has 0 aliphatic carbocycles. The van der Waals surface area contributed by atoms with Gasteiger partial charge in [-0.1, -0.05) is 11.6 Å². The summed E-state index contributed by atoms with van der Waals surface area (Å²) < 4.78 is 6.44. The van der Waals surface area contributed by atoms with Gasteiger partial charge >= 0.3 is 5.76 Å². The molecule has 3 amide bonds. The molecule has 0 radical (unpaired) electrons. The third-order valence-corrected chi connectivity index (χ3v) is 6.05. The standard InChI is InChI=1S/C19H21ClN4O5/c1-21-9-16(25)22(2)14-8-23(6-5-12(14)18(21)27)17(26)10-24-13-4-3-11(20)7-15(13)29-19(24)28/h3-4,7,12,14H,5-6,8-10H2,1-2H3. The number of oxazole rings is 1. The van der Waals surface area contributed by atoms with E-state index < -0.39 is 5.76 Å².